The van der Waals surface area contributed by atoms with Gasteiger partial charge in [-0.2, -0.15) is 0 Å². The van der Waals surface area contributed by atoms with Crippen molar-refractivity contribution in [3.8, 4) is 0 Å². The molecule has 1 unspecified atom stereocenters. The van der Waals surface area contributed by atoms with E-state index in [1.807, 2.05) is 0 Å². The van der Waals surface area contributed by atoms with Crippen LogP contribution in [-0.2, 0) is 0 Å². The number of fused-ring (bicyclic) bond motifs is 2. The molecule has 148 valence electrons. The van der Waals surface area contributed by atoms with Gasteiger partial charge in [0.2, 0.25) is 0 Å². The molecule has 0 saturated carbocycles. The van der Waals surface area contributed by atoms with Gasteiger partial charge < -0.3 is 0 Å². The third kappa shape index (κ3) is 3.04. The molecule has 0 amide bonds. The van der Waals surface area contributed by atoms with Crippen LogP contribution in [0.1, 0.15) is 17.2 Å². The first kappa shape index (κ1) is 17.8. The summed E-state index contributed by atoms with van der Waals surface area (Å²) in [5, 5.41) is 7.41. The molecule has 2 nitrogen and oxygen atoms in total. The fourth-order valence-corrected chi connectivity index (χ4v) is 4.64. The summed E-state index contributed by atoms with van der Waals surface area (Å²) in [5.74, 6) is 0. The summed E-state index contributed by atoms with van der Waals surface area (Å²) in [5.41, 5.74) is 8.49. The topological polar surface area (TPSA) is 15.3 Å². The summed E-state index contributed by atoms with van der Waals surface area (Å²) in [4.78, 5) is 0. The smallest absolute Gasteiger partial charge is 0.0970 e. The van der Waals surface area contributed by atoms with Crippen molar-refractivity contribution in [2.24, 2.45) is 0 Å². The highest BCUT2D eigenvalue weighted by atomic mass is 15.5. The van der Waals surface area contributed by atoms with Crippen LogP contribution in [0.25, 0.3) is 27.2 Å². The standard InChI is InChI=1S/C29H22N2/c1-3-11-21(12-4-1)27-20-28(31(30-27)24-15-5-2-6-16-24)29-25-17-9-7-13-22(25)19-23-14-8-10-18-26(23)29/h1-20,28,30H. The van der Waals surface area contributed by atoms with Gasteiger partial charge in [-0.25, -0.2) is 0 Å². The lowest BCUT2D eigenvalue weighted by molar-refractivity contribution is 0.732. The van der Waals surface area contributed by atoms with Gasteiger partial charge in [0.05, 0.1) is 17.4 Å². The van der Waals surface area contributed by atoms with Gasteiger partial charge in [0.15, 0.2) is 0 Å². The molecule has 0 bridgehead atoms. The number of hydrazine groups is 1. The highest BCUT2D eigenvalue weighted by Gasteiger charge is 2.29. The van der Waals surface area contributed by atoms with Gasteiger partial charge in [0.25, 0.3) is 0 Å². The van der Waals surface area contributed by atoms with Gasteiger partial charge in [-0.05, 0) is 56.9 Å². The van der Waals surface area contributed by atoms with Crippen LogP contribution in [-0.4, -0.2) is 0 Å². The third-order valence-corrected chi connectivity index (χ3v) is 6.07. The van der Waals surface area contributed by atoms with E-state index < -0.39 is 0 Å². The Hall–Kier alpha value is -4.04. The molecule has 1 N–H and O–H groups in total. The van der Waals surface area contributed by atoms with Crippen LogP contribution < -0.4 is 10.4 Å². The minimum absolute atomic E-state index is 0.0635. The molecule has 6 rings (SSSR count). The minimum Gasteiger partial charge on any atom is -0.297 e. The summed E-state index contributed by atoms with van der Waals surface area (Å²) in [6, 6.07) is 40.9. The predicted molar refractivity (Wildman–Crippen MR) is 131 cm³/mol. The molecule has 2 heteroatoms. The monoisotopic (exact) mass is 398 g/mol. The van der Waals surface area contributed by atoms with E-state index >= 15 is 0 Å². The first-order valence-corrected chi connectivity index (χ1v) is 10.7. The zero-order valence-corrected chi connectivity index (χ0v) is 17.1. The van der Waals surface area contributed by atoms with Gasteiger partial charge in [-0.3, -0.25) is 10.4 Å². The molecular formula is C29H22N2. The van der Waals surface area contributed by atoms with Gasteiger partial charge in [-0.1, -0.05) is 97.1 Å². The number of rotatable bonds is 3. The van der Waals surface area contributed by atoms with Crippen LogP contribution in [0.2, 0.25) is 0 Å². The molecule has 1 aliphatic heterocycles. The molecule has 0 fully saturated rings. The Morgan fingerprint density at radius 1 is 0.581 bits per heavy atom. The molecule has 1 heterocycles. The Kier molecular flexibility index (Phi) is 4.21. The Morgan fingerprint density at radius 2 is 1.13 bits per heavy atom. The maximum Gasteiger partial charge on any atom is 0.0970 e. The van der Waals surface area contributed by atoms with Crippen molar-refractivity contribution in [2.75, 3.05) is 5.01 Å². The molecule has 0 aromatic heterocycles. The van der Waals surface area contributed by atoms with Crippen molar-refractivity contribution in [1.29, 1.82) is 0 Å². The number of nitrogens with zero attached hydrogens (tertiary/aromatic N) is 1. The number of benzene rings is 5. The molecule has 0 spiro atoms. The van der Waals surface area contributed by atoms with Crippen LogP contribution in [0.3, 0.4) is 0 Å². The largest absolute Gasteiger partial charge is 0.297 e. The van der Waals surface area contributed by atoms with E-state index in [9.17, 15) is 0 Å². The SMILES string of the molecule is C1=C(c2ccccc2)NN(c2ccccc2)C1c1c2ccccc2cc2ccccc12. The Bertz CT molecular complexity index is 1350. The highest BCUT2D eigenvalue weighted by molar-refractivity contribution is 6.03. The summed E-state index contributed by atoms with van der Waals surface area (Å²) in [7, 11) is 0. The van der Waals surface area contributed by atoms with Crippen molar-refractivity contribution >= 4 is 32.9 Å². The molecule has 5 aromatic rings. The number of hydrogen-bond acceptors (Lipinski definition) is 2. The van der Waals surface area contributed by atoms with E-state index in [0.717, 1.165) is 11.4 Å². The van der Waals surface area contributed by atoms with Crippen LogP contribution in [0, 0.1) is 0 Å². The normalized spacial score (nSPS) is 15.8. The van der Waals surface area contributed by atoms with Crippen molar-refractivity contribution in [2.45, 2.75) is 6.04 Å². The van der Waals surface area contributed by atoms with E-state index in [-0.39, 0.29) is 6.04 Å². The second kappa shape index (κ2) is 7.33. The molecule has 0 radical (unpaired) electrons. The summed E-state index contributed by atoms with van der Waals surface area (Å²) < 4.78 is 0. The predicted octanol–water partition coefficient (Wildman–Crippen LogP) is 7.10. The van der Waals surface area contributed by atoms with Crippen LogP contribution in [0.5, 0.6) is 0 Å². The van der Waals surface area contributed by atoms with Gasteiger partial charge in [0.1, 0.15) is 0 Å². The Labute approximate surface area is 182 Å². The molecule has 5 aromatic carbocycles. The second-order valence-corrected chi connectivity index (χ2v) is 7.94. The average Bonchev–Trinajstić information content (AvgIpc) is 3.28. The van der Waals surface area contributed by atoms with E-state index in [2.05, 4.69) is 132 Å². The molecule has 0 saturated heterocycles. The number of hydrogen-bond donors (Lipinski definition) is 1. The first-order chi connectivity index (χ1) is 15.4. The second-order valence-electron chi connectivity index (χ2n) is 7.94. The molecule has 1 atom stereocenters. The lowest BCUT2D eigenvalue weighted by atomic mass is 9.91. The molecule has 31 heavy (non-hydrogen) atoms. The first-order valence-electron chi connectivity index (χ1n) is 10.7. The quantitative estimate of drug-likeness (QED) is 0.326. The number of anilines is 1. The summed E-state index contributed by atoms with van der Waals surface area (Å²) in [6.45, 7) is 0. The Morgan fingerprint density at radius 3 is 1.77 bits per heavy atom. The van der Waals surface area contributed by atoms with Crippen LogP contribution >= 0.6 is 0 Å². The van der Waals surface area contributed by atoms with Crippen molar-refractivity contribution < 1.29 is 0 Å². The average molecular weight is 399 g/mol. The number of nitrogens with one attached hydrogen (secondary N) is 1. The van der Waals surface area contributed by atoms with Crippen LogP contribution in [0.4, 0.5) is 5.69 Å². The fraction of sp³-hybridized carbons (Fsp3) is 0.0345. The van der Waals surface area contributed by atoms with E-state index in [0.29, 0.717) is 0 Å². The molecular weight excluding hydrogens is 376 g/mol. The van der Waals surface area contributed by atoms with Crippen LogP contribution in [0.15, 0.2) is 121 Å². The van der Waals surface area contributed by atoms with Gasteiger partial charge in [-0.15, -0.1) is 0 Å². The lowest BCUT2D eigenvalue weighted by Gasteiger charge is -2.29. The minimum atomic E-state index is 0.0635. The highest BCUT2D eigenvalue weighted by Crippen LogP contribution is 2.41. The van der Waals surface area contributed by atoms with Gasteiger partial charge in [0, 0.05) is 0 Å². The summed E-state index contributed by atoms with van der Waals surface area (Å²) >= 11 is 0. The van der Waals surface area contributed by atoms with E-state index in [1.54, 1.807) is 0 Å². The molecule has 0 aliphatic carbocycles. The maximum absolute atomic E-state index is 3.70. The van der Waals surface area contributed by atoms with Crippen molar-refractivity contribution in [1.82, 2.24) is 5.43 Å². The third-order valence-electron chi connectivity index (χ3n) is 6.07. The lowest BCUT2D eigenvalue weighted by Crippen LogP contribution is -2.34. The zero-order valence-electron chi connectivity index (χ0n) is 17.1. The van der Waals surface area contributed by atoms with E-state index in [4.69, 9.17) is 0 Å². The van der Waals surface area contributed by atoms with Gasteiger partial charge >= 0.3 is 0 Å². The Balaban J connectivity index is 1.63. The molecule has 1 aliphatic rings. The van der Waals surface area contributed by atoms with Crippen molar-refractivity contribution in [3.63, 3.8) is 0 Å². The zero-order chi connectivity index (χ0) is 20.6. The maximum atomic E-state index is 3.70. The fourth-order valence-electron chi connectivity index (χ4n) is 4.64. The van der Waals surface area contributed by atoms with E-state index in [1.165, 1.54) is 32.7 Å². The number of para-hydroxylation sites is 1. The summed E-state index contributed by atoms with van der Waals surface area (Å²) in [6.07, 6.45) is 2.36. The van der Waals surface area contributed by atoms with Crippen molar-refractivity contribution in [3.05, 3.63) is 132 Å².